The van der Waals surface area contributed by atoms with Crippen molar-refractivity contribution in [3.63, 3.8) is 0 Å². The zero-order valence-electron chi connectivity index (χ0n) is 5.40. The van der Waals surface area contributed by atoms with Gasteiger partial charge in [-0.25, -0.2) is 0 Å². The fourth-order valence-corrected chi connectivity index (χ4v) is 0.972. The predicted molar refractivity (Wildman–Crippen MR) is 42.7 cm³/mol. The van der Waals surface area contributed by atoms with Gasteiger partial charge in [-0.05, 0) is 12.2 Å². The smallest absolute Gasteiger partial charge is 0.269 e. The molecule has 0 aromatic carbocycles. The van der Waals surface area contributed by atoms with Crippen molar-refractivity contribution in [2.24, 2.45) is 5.50 Å². The van der Waals surface area contributed by atoms with Crippen molar-refractivity contribution in [1.82, 2.24) is 5.09 Å². The summed E-state index contributed by atoms with van der Waals surface area (Å²) in [4.78, 5) is 0. The summed E-state index contributed by atoms with van der Waals surface area (Å²) in [6.07, 6.45) is 10.7. The highest BCUT2D eigenvalue weighted by Crippen LogP contribution is 2.21. The molecular weight excluding hydrogens is 147 g/mol. The van der Waals surface area contributed by atoms with E-state index in [2.05, 4.69) is 5.09 Å². The van der Waals surface area contributed by atoms with Crippen LogP contribution in [0.1, 0.15) is 0 Å². The molecule has 0 amide bonds. The minimum atomic E-state index is -1.02. The van der Waals surface area contributed by atoms with Crippen LogP contribution in [0.15, 0.2) is 36.8 Å². The lowest BCUT2D eigenvalue weighted by Gasteiger charge is -2.06. The Bertz CT molecular complexity index is 159. The summed E-state index contributed by atoms with van der Waals surface area (Å²) in [5.41, 5.74) is 5.47. The maximum atomic E-state index is 5.47. The molecule has 10 heavy (non-hydrogen) atoms. The third kappa shape index (κ3) is 2.67. The summed E-state index contributed by atoms with van der Waals surface area (Å²) in [5.74, 6) is 0. The van der Waals surface area contributed by atoms with Crippen molar-refractivity contribution in [3.05, 3.63) is 36.8 Å². The topological polar surface area (TPSA) is 47.3 Å². The van der Waals surface area contributed by atoms with E-state index in [0.717, 1.165) is 0 Å². The first-order chi connectivity index (χ1) is 4.89. The van der Waals surface area contributed by atoms with Crippen LogP contribution in [0.2, 0.25) is 0 Å². The zero-order valence-corrected chi connectivity index (χ0v) is 6.29. The molecule has 3 N–H and O–H groups in total. The second-order valence-corrected chi connectivity index (χ2v) is 2.75. The molecule has 0 fully saturated rings. The fourth-order valence-electron chi connectivity index (χ4n) is 0.477. The van der Waals surface area contributed by atoms with E-state index in [-0.39, 0.29) is 0 Å². The second-order valence-electron chi connectivity index (χ2n) is 1.63. The molecule has 1 rings (SSSR count). The maximum Gasteiger partial charge on any atom is 0.269 e. The van der Waals surface area contributed by atoms with Crippen molar-refractivity contribution < 1.29 is 4.52 Å². The van der Waals surface area contributed by atoms with Crippen LogP contribution in [0, 0.1) is 0 Å². The Balaban J connectivity index is 2.52. The Morgan fingerprint density at radius 1 is 1.20 bits per heavy atom. The van der Waals surface area contributed by atoms with Gasteiger partial charge in [-0.2, -0.15) is 0 Å². The van der Waals surface area contributed by atoms with E-state index in [0.29, 0.717) is 0 Å². The fraction of sp³-hybridized carbons (Fsp3) is 0. The SMILES string of the molecule is NP1NC=CC=CC=CO1. The van der Waals surface area contributed by atoms with Crippen LogP contribution in [0.4, 0.5) is 0 Å². The first kappa shape index (κ1) is 7.32. The van der Waals surface area contributed by atoms with Crippen LogP contribution in [0.5, 0.6) is 0 Å². The van der Waals surface area contributed by atoms with Crippen molar-refractivity contribution in [3.8, 4) is 0 Å². The molecule has 0 aliphatic carbocycles. The maximum absolute atomic E-state index is 5.47. The van der Waals surface area contributed by atoms with E-state index in [4.69, 9.17) is 10.0 Å². The summed E-state index contributed by atoms with van der Waals surface area (Å²) in [6.45, 7) is 0. The average Bonchev–Trinajstić information content (AvgIpc) is 2.02. The average molecular weight is 156 g/mol. The van der Waals surface area contributed by atoms with Gasteiger partial charge in [-0.3, -0.25) is 5.50 Å². The summed E-state index contributed by atoms with van der Waals surface area (Å²) < 4.78 is 5.01. The zero-order chi connectivity index (χ0) is 7.23. The first-order valence-electron chi connectivity index (χ1n) is 2.86. The highest BCUT2D eigenvalue weighted by atomic mass is 31.2. The van der Waals surface area contributed by atoms with E-state index >= 15 is 0 Å². The molecule has 1 atom stereocenters. The molecule has 1 heterocycles. The lowest BCUT2D eigenvalue weighted by atomic mass is 10.5. The van der Waals surface area contributed by atoms with Gasteiger partial charge in [0.1, 0.15) is 0 Å². The van der Waals surface area contributed by atoms with Gasteiger partial charge in [0.05, 0.1) is 6.26 Å². The molecule has 0 spiro atoms. The second kappa shape index (κ2) is 4.09. The molecule has 3 nitrogen and oxygen atoms in total. The Labute approximate surface area is 61.2 Å². The van der Waals surface area contributed by atoms with Gasteiger partial charge in [0.15, 0.2) is 0 Å². The number of rotatable bonds is 0. The van der Waals surface area contributed by atoms with E-state index in [1.165, 1.54) is 0 Å². The molecule has 0 radical (unpaired) electrons. The van der Waals surface area contributed by atoms with E-state index in [9.17, 15) is 0 Å². The number of allylic oxidation sites excluding steroid dienone is 4. The third-order valence-corrected chi connectivity index (χ3v) is 1.64. The lowest BCUT2D eigenvalue weighted by Crippen LogP contribution is -2.04. The van der Waals surface area contributed by atoms with Gasteiger partial charge in [-0.15, -0.1) is 0 Å². The van der Waals surface area contributed by atoms with Crippen LogP contribution in [-0.4, -0.2) is 0 Å². The summed E-state index contributed by atoms with van der Waals surface area (Å²) in [7, 11) is -1.02. The summed E-state index contributed by atoms with van der Waals surface area (Å²) in [5, 5.41) is 2.86. The first-order valence-corrected chi connectivity index (χ1v) is 4.18. The van der Waals surface area contributed by atoms with Crippen LogP contribution in [0.3, 0.4) is 0 Å². The Morgan fingerprint density at radius 2 is 2.00 bits per heavy atom. The number of nitrogens with one attached hydrogen (secondary N) is 1. The molecule has 0 saturated heterocycles. The van der Waals surface area contributed by atoms with Gasteiger partial charge >= 0.3 is 0 Å². The van der Waals surface area contributed by atoms with Crippen LogP contribution in [0.25, 0.3) is 0 Å². The van der Waals surface area contributed by atoms with E-state index in [1.54, 1.807) is 18.5 Å². The molecule has 1 aliphatic heterocycles. The van der Waals surface area contributed by atoms with Crippen LogP contribution >= 0.6 is 8.45 Å². The van der Waals surface area contributed by atoms with Gasteiger partial charge < -0.3 is 9.61 Å². The van der Waals surface area contributed by atoms with Crippen LogP contribution < -0.4 is 10.6 Å². The standard InChI is InChI=1S/C6H9N2OP/c7-10-8-5-3-1-2-4-6-9-10/h1-6,8H,7H2. The molecule has 54 valence electrons. The van der Waals surface area contributed by atoms with E-state index in [1.807, 2.05) is 18.2 Å². The van der Waals surface area contributed by atoms with Gasteiger partial charge in [-0.1, -0.05) is 12.2 Å². The van der Waals surface area contributed by atoms with E-state index < -0.39 is 8.45 Å². The molecule has 0 saturated carbocycles. The molecule has 0 bridgehead atoms. The van der Waals surface area contributed by atoms with Crippen LogP contribution in [-0.2, 0) is 4.52 Å². The largest absolute Gasteiger partial charge is 0.449 e. The summed E-state index contributed by atoms with van der Waals surface area (Å²) in [6, 6.07) is 0. The predicted octanol–water partition coefficient (Wildman–Crippen LogP) is 1.38. The molecule has 1 unspecified atom stereocenters. The normalized spacial score (nSPS) is 23.9. The Morgan fingerprint density at radius 3 is 2.90 bits per heavy atom. The van der Waals surface area contributed by atoms with Gasteiger partial charge in [0.25, 0.3) is 8.45 Å². The Kier molecular flexibility index (Phi) is 3.00. The molecular formula is C6H9N2OP. The lowest BCUT2D eigenvalue weighted by molar-refractivity contribution is 0.529. The number of nitrogens with two attached hydrogens (primary N) is 1. The summed E-state index contributed by atoms with van der Waals surface area (Å²) >= 11 is 0. The highest BCUT2D eigenvalue weighted by molar-refractivity contribution is 7.47. The molecule has 0 aromatic heterocycles. The minimum absolute atomic E-state index is 1.02. The number of hydrogen-bond acceptors (Lipinski definition) is 3. The quantitative estimate of drug-likeness (QED) is 0.521. The molecule has 4 heteroatoms. The molecule has 0 aromatic rings. The Hall–Kier alpha value is -0.790. The van der Waals surface area contributed by atoms with Crippen molar-refractivity contribution in [2.45, 2.75) is 0 Å². The van der Waals surface area contributed by atoms with Gasteiger partial charge in [0.2, 0.25) is 0 Å². The molecule has 1 aliphatic rings. The van der Waals surface area contributed by atoms with Crippen molar-refractivity contribution in [1.29, 1.82) is 0 Å². The van der Waals surface area contributed by atoms with Gasteiger partial charge in [0, 0.05) is 6.20 Å². The van der Waals surface area contributed by atoms with Crippen molar-refractivity contribution >= 4 is 8.45 Å². The third-order valence-electron chi connectivity index (χ3n) is 0.884. The number of hydrogen-bond donors (Lipinski definition) is 2. The minimum Gasteiger partial charge on any atom is -0.449 e. The van der Waals surface area contributed by atoms with Crippen molar-refractivity contribution in [2.75, 3.05) is 0 Å². The monoisotopic (exact) mass is 156 g/mol. The highest BCUT2D eigenvalue weighted by Gasteiger charge is 1.94.